The Labute approximate surface area is 156 Å². The fourth-order valence-electron chi connectivity index (χ4n) is 2.44. The molecular formula is C20H19N3O4. The maximum absolute atomic E-state index is 12.5. The van der Waals surface area contributed by atoms with E-state index in [1.165, 1.54) is 14.0 Å². The Morgan fingerprint density at radius 2 is 1.70 bits per heavy atom. The van der Waals surface area contributed by atoms with Gasteiger partial charge in [0.15, 0.2) is 0 Å². The number of esters is 1. The predicted octanol–water partition coefficient (Wildman–Crippen LogP) is 2.03. The Kier molecular flexibility index (Phi) is 6.67. The molecule has 2 N–H and O–H groups in total. The Morgan fingerprint density at radius 3 is 2.22 bits per heavy atom. The number of carbonyl (C=O) groups is 3. The highest BCUT2D eigenvalue weighted by Crippen LogP contribution is 2.11. The van der Waals surface area contributed by atoms with E-state index in [1.807, 2.05) is 6.07 Å². The quantitative estimate of drug-likeness (QED) is 0.762. The van der Waals surface area contributed by atoms with Crippen molar-refractivity contribution in [1.29, 1.82) is 5.26 Å². The number of hydrogen-bond donors (Lipinski definition) is 2. The smallest absolute Gasteiger partial charge is 0.328 e. The van der Waals surface area contributed by atoms with Gasteiger partial charge >= 0.3 is 5.97 Å². The molecule has 2 rings (SSSR count). The lowest BCUT2D eigenvalue weighted by Crippen LogP contribution is -2.43. The fourth-order valence-corrected chi connectivity index (χ4v) is 2.44. The number of carbonyl (C=O) groups excluding carboxylic acids is 3. The van der Waals surface area contributed by atoms with Crippen LogP contribution in [0.1, 0.15) is 28.4 Å². The summed E-state index contributed by atoms with van der Waals surface area (Å²) in [6.07, 6.45) is 0.230. The van der Waals surface area contributed by atoms with Crippen LogP contribution in [0.25, 0.3) is 0 Å². The molecule has 0 spiro atoms. The number of ether oxygens (including phenoxy) is 1. The highest BCUT2D eigenvalue weighted by atomic mass is 16.5. The number of benzene rings is 2. The normalized spacial score (nSPS) is 11.0. The second-order valence-corrected chi connectivity index (χ2v) is 5.82. The van der Waals surface area contributed by atoms with Crippen LogP contribution in [0.3, 0.4) is 0 Å². The van der Waals surface area contributed by atoms with E-state index in [4.69, 9.17) is 10.00 Å². The van der Waals surface area contributed by atoms with Crippen LogP contribution < -0.4 is 10.6 Å². The summed E-state index contributed by atoms with van der Waals surface area (Å²) >= 11 is 0. The van der Waals surface area contributed by atoms with E-state index in [9.17, 15) is 14.4 Å². The predicted molar refractivity (Wildman–Crippen MR) is 98.9 cm³/mol. The van der Waals surface area contributed by atoms with Crippen molar-refractivity contribution in [1.82, 2.24) is 5.32 Å². The molecule has 7 heteroatoms. The number of rotatable bonds is 6. The molecule has 0 aromatic heterocycles. The standard InChI is InChI=1S/C20H19N3O4/c1-13(24)22-17-9-7-16(8-10-17)19(25)23-18(20(26)27-2)11-14-3-5-15(12-21)6-4-14/h3-10,18H,11H2,1-2H3,(H,22,24)(H,23,25)/t18-/m1/s1. The monoisotopic (exact) mass is 365 g/mol. The Bertz CT molecular complexity index is 868. The van der Waals surface area contributed by atoms with Crippen LogP contribution in [0.4, 0.5) is 5.69 Å². The van der Waals surface area contributed by atoms with Crippen LogP contribution in [0.5, 0.6) is 0 Å². The molecule has 0 aliphatic heterocycles. The van der Waals surface area contributed by atoms with Crippen molar-refractivity contribution in [3.63, 3.8) is 0 Å². The fraction of sp³-hybridized carbons (Fsp3) is 0.200. The van der Waals surface area contributed by atoms with Crippen molar-refractivity contribution in [3.05, 3.63) is 65.2 Å². The van der Waals surface area contributed by atoms with Crippen LogP contribution in [-0.4, -0.2) is 30.9 Å². The molecule has 7 nitrogen and oxygen atoms in total. The number of methoxy groups -OCH3 is 1. The summed E-state index contributed by atoms with van der Waals surface area (Å²) in [5.74, 6) is -1.21. The third-order valence-corrected chi connectivity index (χ3v) is 3.78. The molecule has 0 fully saturated rings. The van der Waals surface area contributed by atoms with Crippen molar-refractivity contribution in [3.8, 4) is 6.07 Å². The van der Waals surface area contributed by atoms with Crippen molar-refractivity contribution < 1.29 is 19.1 Å². The van der Waals surface area contributed by atoms with Crippen molar-refractivity contribution in [2.45, 2.75) is 19.4 Å². The Hall–Kier alpha value is -3.66. The number of nitrogens with one attached hydrogen (secondary N) is 2. The zero-order valence-electron chi connectivity index (χ0n) is 15.0. The highest BCUT2D eigenvalue weighted by molar-refractivity contribution is 5.97. The van der Waals surface area contributed by atoms with Crippen molar-refractivity contribution >= 4 is 23.5 Å². The molecule has 0 saturated heterocycles. The van der Waals surface area contributed by atoms with Gasteiger partial charge < -0.3 is 15.4 Å². The van der Waals surface area contributed by atoms with Crippen LogP contribution in [0.2, 0.25) is 0 Å². The molecule has 0 bridgehead atoms. The zero-order valence-corrected chi connectivity index (χ0v) is 15.0. The molecule has 138 valence electrons. The average molecular weight is 365 g/mol. The van der Waals surface area contributed by atoms with Gasteiger partial charge in [-0.05, 0) is 42.0 Å². The van der Waals surface area contributed by atoms with Gasteiger partial charge in [-0.1, -0.05) is 12.1 Å². The first-order chi connectivity index (χ1) is 12.9. The topological polar surface area (TPSA) is 108 Å². The summed E-state index contributed by atoms with van der Waals surface area (Å²) in [5, 5.41) is 14.1. The third-order valence-electron chi connectivity index (χ3n) is 3.78. The minimum atomic E-state index is -0.870. The first-order valence-corrected chi connectivity index (χ1v) is 8.18. The van der Waals surface area contributed by atoms with Gasteiger partial charge in [-0.25, -0.2) is 4.79 Å². The molecule has 0 heterocycles. The first-order valence-electron chi connectivity index (χ1n) is 8.18. The lowest BCUT2D eigenvalue weighted by Gasteiger charge is -2.17. The van der Waals surface area contributed by atoms with E-state index < -0.39 is 17.9 Å². The van der Waals surface area contributed by atoms with E-state index in [0.717, 1.165) is 5.56 Å². The summed E-state index contributed by atoms with van der Waals surface area (Å²) in [6, 6.07) is 14.2. The molecule has 0 aliphatic rings. The van der Waals surface area contributed by atoms with Crippen LogP contribution in [0, 0.1) is 11.3 Å². The summed E-state index contributed by atoms with van der Waals surface area (Å²) in [6.45, 7) is 1.39. The molecule has 2 aromatic rings. The van der Waals surface area contributed by atoms with Gasteiger partial charge in [-0.2, -0.15) is 5.26 Å². The van der Waals surface area contributed by atoms with E-state index in [1.54, 1.807) is 48.5 Å². The molecule has 0 saturated carbocycles. The van der Waals surface area contributed by atoms with Gasteiger partial charge in [0.1, 0.15) is 6.04 Å². The average Bonchev–Trinajstić information content (AvgIpc) is 2.67. The van der Waals surface area contributed by atoms with Crippen molar-refractivity contribution in [2.75, 3.05) is 12.4 Å². The third kappa shape index (κ3) is 5.68. The minimum absolute atomic E-state index is 0.208. The molecule has 2 aromatic carbocycles. The maximum Gasteiger partial charge on any atom is 0.328 e. The van der Waals surface area contributed by atoms with E-state index >= 15 is 0 Å². The number of amides is 2. The van der Waals surface area contributed by atoms with Gasteiger partial charge in [-0.3, -0.25) is 9.59 Å². The van der Waals surface area contributed by atoms with E-state index in [-0.39, 0.29) is 12.3 Å². The summed E-state index contributed by atoms with van der Waals surface area (Å²) in [5.41, 5.74) is 2.21. The van der Waals surface area contributed by atoms with Gasteiger partial charge in [0.2, 0.25) is 5.91 Å². The number of nitriles is 1. The van der Waals surface area contributed by atoms with Crippen LogP contribution in [0.15, 0.2) is 48.5 Å². The first kappa shape index (κ1) is 19.7. The van der Waals surface area contributed by atoms with E-state index in [0.29, 0.717) is 16.8 Å². The van der Waals surface area contributed by atoms with Gasteiger partial charge in [0.05, 0.1) is 18.7 Å². The Balaban J connectivity index is 2.10. The SMILES string of the molecule is COC(=O)[C@@H](Cc1ccc(C#N)cc1)NC(=O)c1ccc(NC(C)=O)cc1. The molecule has 2 amide bonds. The summed E-state index contributed by atoms with van der Waals surface area (Å²) in [4.78, 5) is 35.5. The van der Waals surface area contributed by atoms with Gasteiger partial charge in [0, 0.05) is 24.6 Å². The molecule has 0 aliphatic carbocycles. The molecule has 27 heavy (non-hydrogen) atoms. The number of anilines is 1. The zero-order chi connectivity index (χ0) is 19.8. The van der Waals surface area contributed by atoms with E-state index in [2.05, 4.69) is 10.6 Å². The molecule has 0 unspecified atom stereocenters. The lowest BCUT2D eigenvalue weighted by molar-refractivity contribution is -0.142. The molecular weight excluding hydrogens is 346 g/mol. The minimum Gasteiger partial charge on any atom is -0.467 e. The molecule has 0 radical (unpaired) electrons. The number of nitrogens with zero attached hydrogens (tertiary/aromatic N) is 1. The number of hydrogen-bond acceptors (Lipinski definition) is 5. The summed E-state index contributed by atoms with van der Waals surface area (Å²) < 4.78 is 4.78. The van der Waals surface area contributed by atoms with Gasteiger partial charge in [-0.15, -0.1) is 0 Å². The largest absolute Gasteiger partial charge is 0.467 e. The Morgan fingerprint density at radius 1 is 1.07 bits per heavy atom. The van der Waals surface area contributed by atoms with Crippen LogP contribution in [-0.2, 0) is 20.7 Å². The van der Waals surface area contributed by atoms with Gasteiger partial charge in [0.25, 0.3) is 5.91 Å². The second kappa shape index (κ2) is 9.15. The van der Waals surface area contributed by atoms with Crippen molar-refractivity contribution in [2.24, 2.45) is 0 Å². The second-order valence-electron chi connectivity index (χ2n) is 5.82. The maximum atomic E-state index is 12.5. The lowest BCUT2D eigenvalue weighted by atomic mass is 10.0. The summed E-state index contributed by atoms with van der Waals surface area (Å²) in [7, 11) is 1.25. The van der Waals surface area contributed by atoms with Crippen LogP contribution >= 0.6 is 0 Å². The molecule has 1 atom stereocenters. The highest BCUT2D eigenvalue weighted by Gasteiger charge is 2.22.